The zero-order valence-electron chi connectivity index (χ0n) is 13.9. The van der Waals surface area contributed by atoms with Gasteiger partial charge >= 0.3 is 0 Å². The van der Waals surface area contributed by atoms with E-state index in [-0.39, 0.29) is 5.91 Å². The summed E-state index contributed by atoms with van der Waals surface area (Å²) in [5.74, 6) is 0.311. The maximum Gasteiger partial charge on any atom is 0.270 e. The molecule has 26 heavy (non-hydrogen) atoms. The first-order valence-corrected chi connectivity index (χ1v) is 10.3. The van der Waals surface area contributed by atoms with Gasteiger partial charge in [-0.2, -0.15) is 0 Å². The SMILES string of the molecule is CC(CCc1cccs1)(Oc1ccc(Cl)cc1)C(=O)Nc1ncc(Cl)s1. The van der Waals surface area contributed by atoms with Crippen molar-refractivity contribution in [3.05, 3.63) is 62.2 Å². The number of thiazole rings is 1. The number of hydrogen-bond donors (Lipinski definition) is 1. The lowest BCUT2D eigenvalue weighted by Gasteiger charge is -2.29. The van der Waals surface area contributed by atoms with E-state index in [4.69, 9.17) is 27.9 Å². The molecule has 4 nitrogen and oxygen atoms in total. The number of aryl methyl sites for hydroxylation is 1. The average Bonchev–Trinajstić information content (AvgIpc) is 3.27. The molecule has 0 fully saturated rings. The summed E-state index contributed by atoms with van der Waals surface area (Å²) in [7, 11) is 0. The predicted molar refractivity (Wildman–Crippen MR) is 109 cm³/mol. The van der Waals surface area contributed by atoms with Gasteiger partial charge in [0.2, 0.25) is 0 Å². The Hall–Kier alpha value is -1.60. The summed E-state index contributed by atoms with van der Waals surface area (Å²) >= 11 is 14.7. The molecule has 3 rings (SSSR count). The Morgan fingerprint density at radius 3 is 2.65 bits per heavy atom. The summed E-state index contributed by atoms with van der Waals surface area (Å²) in [4.78, 5) is 18.2. The minimum atomic E-state index is -1.07. The van der Waals surface area contributed by atoms with E-state index < -0.39 is 5.60 Å². The monoisotopic (exact) mass is 426 g/mol. The molecule has 0 bridgehead atoms. The molecule has 1 unspecified atom stereocenters. The van der Waals surface area contributed by atoms with Crippen molar-refractivity contribution in [3.8, 4) is 5.75 Å². The van der Waals surface area contributed by atoms with E-state index in [0.717, 1.165) is 6.42 Å². The molecule has 1 aromatic carbocycles. The van der Waals surface area contributed by atoms with Gasteiger partial charge in [0.25, 0.3) is 5.91 Å². The Labute approximate surface area is 169 Å². The number of nitrogens with one attached hydrogen (secondary N) is 1. The van der Waals surface area contributed by atoms with E-state index in [1.165, 1.54) is 22.4 Å². The number of aromatic nitrogens is 1. The second kappa shape index (κ2) is 8.39. The van der Waals surface area contributed by atoms with Crippen LogP contribution in [-0.4, -0.2) is 16.5 Å². The minimum Gasteiger partial charge on any atom is -0.478 e. The molecule has 0 radical (unpaired) electrons. The normalized spacial score (nSPS) is 13.2. The Balaban J connectivity index is 1.78. The molecule has 0 aliphatic heterocycles. The summed E-state index contributed by atoms with van der Waals surface area (Å²) in [6.45, 7) is 1.78. The lowest BCUT2D eigenvalue weighted by atomic mass is 9.98. The Bertz CT molecular complexity index is 866. The van der Waals surface area contributed by atoms with E-state index in [9.17, 15) is 4.79 Å². The van der Waals surface area contributed by atoms with E-state index in [1.807, 2.05) is 17.5 Å². The maximum absolute atomic E-state index is 12.9. The summed E-state index contributed by atoms with van der Waals surface area (Å²) < 4.78 is 6.59. The van der Waals surface area contributed by atoms with Crippen LogP contribution in [0, 0.1) is 0 Å². The fourth-order valence-corrected chi connectivity index (χ4v) is 3.97. The van der Waals surface area contributed by atoms with Gasteiger partial charge < -0.3 is 4.74 Å². The van der Waals surface area contributed by atoms with Crippen LogP contribution < -0.4 is 10.1 Å². The number of carbonyl (C=O) groups excluding carboxylic acids is 1. The quantitative estimate of drug-likeness (QED) is 0.509. The number of anilines is 1. The lowest BCUT2D eigenvalue weighted by molar-refractivity contribution is -0.130. The van der Waals surface area contributed by atoms with Crippen LogP contribution in [0.1, 0.15) is 18.2 Å². The maximum atomic E-state index is 12.9. The molecule has 0 aliphatic carbocycles. The second-order valence-electron chi connectivity index (χ2n) is 5.79. The first kappa shape index (κ1) is 19.2. The molecule has 1 amide bonds. The van der Waals surface area contributed by atoms with Gasteiger partial charge in [-0.15, -0.1) is 11.3 Å². The number of carbonyl (C=O) groups is 1. The second-order valence-corrected chi connectivity index (χ2v) is 8.92. The van der Waals surface area contributed by atoms with Crippen LogP contribution in [-0.2, 0) is 11.2 Å². The number of rotatable bonds is 7. The van der Waals surface area contributed by atoms with Gasteiger partial charge in [-0.3, -0.25) is 10.1 Å². The highest BCUT2D eigenvalue weighted by Gasteiger charge is 2.36. The van der Waals surface area contributed by atoms with E-state index in [1.54, 1.807) is 42.5 Å². The van der Waals surface area contributed by atoms with Crippen molar-refractivity contribution in [3.63, 3.8) is 0 Å². The third kappa shape index (κ3) is 4.98. The van der Waals surface area contributed by atoms with E-state index in [0.29, 0.717) is 26.7 Å². The van der Waals surface area contributed by atoms with Gasteiger partial charge in [-0.05, 0) is 49.1 Å². The van der Waals surface area contributed by atoms with Crippen LogP contribution in [0.15, 0.2) is 48.0 Å². The van der Waals surface area contributed by atoms with Crippen molar-refractivity contribution >= 4 is 56.9 Å². The van der Waals surface area contributed by atoms with Crippen LogP contribution in [0.5, 0.6) is 5.75 Å². The Kier molecular flexibility index (Phi) is 6.19. The lowest BCUT2D eigenvalue weighted by Crippen LogP contribution is -2.45. The standard InChI is InChI=1S/C18H16Cl2N2O2S2/c1-18(9-8-14-3-2-10-25-14,24-13-6-4-12(19)5-7-13)16(23)22-17-21-11-15(20)26-17/h2-7,10-11H,8-9H2,1H3,(H,21,22,23). The zero-order valence-corrected chi connectivity index (χ0v) is 17.0. The summed E-state index contributed by atoms with van der Waals surface area (Å²) in [6, 6.07) is 11.0. The van der Waals surface area contributed by atoms with Gasteiger partial charge in [-0.1, -0.05) is 40.6 Å². The molecule has 0 spiro atoms. The van der Waals surface area contributed by atoms with Crippen molar-refractivity contribution in [1.82, 2.24) is 4.98 Å². The highest BCUT2D eigenvalue weighted by atomic mass is 35.5. The van der Waals surface area contributed by atoms with Crippen LogP contribution in [0.4, 0.5) is 5.13 Å². The molecule has 2 heterocycles. The fraction of sp³-hybridized carbons (Fsp3) is 0.222. The summed E-state index contributed by atoms with van der Waals surface area (Å²) in [5, 5.41) is 5.88. The summed E-state index contributed by atoms with van der Waals surface area (Å²) in [6.07, 6.45) is 2.75. The molecular formula is C18H16Cl2N2O2S2. The van der Waals surface area contributed by atoms with Crippen LogP contribution in [0.2, 0.25) is 9.36 Å². The highest BCUT2D eigenvalue weighted by molar-refractivity contribution is 7.19. The van der Waals surface area contributed by atoms with Gasteiger partial charge in [0, 0.05) is 16.3 Å². The molecule has 0 saturated carbocycles. The predicted octanol–water partition coefficient (Wildman–Crippen LogP) is 5.92. The average molecular weight is 427 g/mol. The number of halogens is 2. The smallest absolute Gasteiger partial charge is 0.270 e. The fourth-order valence-electron chi connectivity index (χ4n) is 2.33. The largest absolute Gasteiger partial charge is 0.478 e. The number of benzene rings is 1. The highest BCUT2D eigenvalue weighted by Crippen LogP contribution is 2.29. The molecule has 0 aliphatic rings. The Morgan fingerprint density at radius 2 is 2.04 bits per heavy atom. The number of thiophene rings is 1. The molecule has 0 saturated heterocycles. The Morgan fingerprint density at radius 1 is 1.27 bits per heavy atom. The number of ether oxygens (including phenoxy) is 1. The van der Waals surface area contributed by atoms with Crippen molar-refractivity contribution in [2.75, 3.05) is 5.32 Å². The van der Waals surface area contributed by atoms with Crippen molar-refractivity contribution < 1.29 is 9.53 Å². The topological polar surface area (TPSA) is 51.2 Å². The van der Waals surface area contributed by atoms with Gasteiger partial charge in [-0.25, -0.2) is 4.98 Å². The number of hydrogen-bond acceptors (Lipinski definition) is 5. The van der Waals surface area contributed by atoms with Gasteiger partial charge in [0.1, 0.15) is 10.1 Å². The third-order valence-electron chi connectivity index (χ3n) is 3.76. The molecule has 2 aromatic heterocycles. The number of nitrogens with zero attached hydrogens (tertiary/aromatic N) is 1. The van der Waals surface area contributed by atoms with Crippen LogP contribution >= 0.6 is 45.9 Å². The molecule has 8 heteroatoms. The first-order valence-electron chi connectivity index (χ1n) is 7.84. The van der Waals surface area contributed by atoms with Crippen molar-refractivity contribution in [2.24, 2.45) is 0 Å². The third-order valence-corrected chi connectivity index (χ3v) is 5.98. The van der Waals surface area contributed by atoms with E-state index >= 15 is 0 Å². The van der Waals surface area contributed by atoms with Gasteiger partial charge in [0.05, 0.1) is 6.20 Å². The van der Waals surface area contributed by atoms with Crippen LogP contribution in [0.3, 0.4) is 0 Å². The van der Waals surface area contributed by atoms with Gasteiger partial charge in [0.15, 0.2) is 10.7 Å². The summed E-state index contributed by atoms with van der Waals surface area (Å²) in [5.41, 5.74) is -1.07. The molecular weight excluding hydrogens is 411 g/mol. The molecule has 3 aromatic rings. The first-order chi connectivity index (χ1) is 12.4. The number of amides is 1. The molecule has 1 atom stereocenters. The van der Waals surface area contributed by atoms with Crippen LogP contribution in [0.25, 0.3) is 0 Å². The molecule has 1 N–H and O–H groups in total. The molecule has 136 valence electrons. The minimum absolute atomic E-state index is 0.268. The van der Waals surface area contributed by atoms with Crippen molar-refractivity contribution in [1.29, 1.82) is 0 Å². The zero-order chi connectivity index (χ0) is 18.6. The van der Waals surface area contributed by atoms with Crippen molar-refractivity contribution in [2.45, 2.75) is 25.4 Å². The van der Waals surface area contributed by atoms with E-state index in [2.05, 4.69) is 10.3 Å².